The van der Waals surface area contributed by atoms with Crippen LogP contribution < -0.4 is 4.90 Å². The van der Waals surface area contributed by atoms with E-state index in [4.69, 9.17) is 0 Å². The standard InChI is InChI=1S/C17H20N2O/c1-12-10-17(18-11-15(12)13(2)20)19-9-5-7-14-6-3-4-8-16(14)19/h3-4,6,8,10-11,13,20H,5,7,9H2,1-2H3. The second-order valence-corrected chi connectivity index (χ2v) is 5.46. The van der Waals surface area contributed by atoms with Gasteiger partial charge in [0.2, 0.25) is 0 Å². The van der Waals surface area contributed by atoms with E-state index in [1.165, 1.54) is 11.3 Å². The smallest absolute Gasteiger partial charge is 0.133 e. The number of pyridine rings is 1. The lowest BCUT2D eigenvalue weighted by Crippen LogP contribution is -2.25. The molecule has 0 saturated carbocycles. The minimum atomic E-state index is -0.467. The van der Waals surface area contributed by atoms with Crippen molar-refractivity contribution >= 4 is 11.5 Å². The van der Waals surface area contributed by atoms with Crippen LogP contribution in [0.3, 0.4) is 0 Å². The Kier molecular flexibility index (Phi) is 3.45. The summed E-state index contributed by atoms with van der Waals surface area (Å²) in [5, 5.41) is 9.71. The minimum Gasteiger partial charge on any atom is -0.389 e. The second-order valence-electron chi connectivity index (χ2n) is 5.46. The lowest BCUT2D eigenvalue weighted by Gasteiger charge is -2.30. The van der Waals surface area contributed by atoms with Crippen molar-refractivity contribution in [2.45, 2.75) is 32.8 Å². The molecule has 1 unspecified atom stereocenters. The summed E-state index contributed by atoms with van der Waals surface area (Å²) in [5.74, 6) is 0.971. The Morgan fingerprint density at radius 2 is 2.10 bits per heavy atom. The Morgan fingerprint density at radius 1 is 1.30 bits per heavy atom. The number of nitrogens with zero attached hydrogens (tertiary/aromatic N) is 2. The highest BCUT2D eigenvalue weighted by Gasteiger charge is 2.19. The third-order valence-corrected chi connectivity index (χ3v) is 3.97. The van der Waals surface area contributed by atoms with Gasteiger partial charge in [-0.1, -0.05) is 18.2 Å². The molecule has 0 bridgehead atoms. The Labute approximate surface area is 119 Å². The Hall–Kier alpha value is -1.87. The van der Waals surface area contributed by atoms with Crippen LogP contribution in [0, 0.1) is 6.92 Å². The summed E-state index contributed by atoms with van der Waals surface area (Å²) in [6, 6.07) is 10.6. The number of hydrogen-bond donors (Lipinski definition) is 1. The van der Waals surface area contributed by atoms with Gasteiger partial charge >= 0.3 is 0 Å². The third-order valence-electron chi connectivity index (χ3n) is 3.97. The number of fused-ring (bicyclic) bond motifs is 1. The van der Waals surface area contributed by atoms with E-state index >= 15 is 0 Å². The van der Waals surface area contributed by atoms with Gasteiger partial charge in [0.25, 0.3) is 0 Å². The fourth-order valence-corrected chi connectivity index (χ4v) is 2.91. The van der Waals surface area contributed by atoms with Crippen molar-refractivity contribution in [3.05, 3.63) is 53.2 Å². The molecule has 1 N–H and O–H groups in total. The van der Waals surface area contributed by atoms with Gasteiger partial charge in [0.05, 0.1) is 6.10 Å². The number of anilines is 2. The highest BCUT2D eigenvalue weighted by atomic mass is 16.3. The number of aryl methyl sites for hydroxylation is 2. The van der Waals surface area contributed by atoms with Gasteiger partial charge in [-0.2, -0.15) is 0 Å². The summed E-state index contributed by atoms with van der Waals surface area (Å²) in [5.41, 5.74) is 4.64. The first kappa shape index (κ1) is 13.1. The molecule has 1 aromatic carbocycles. The van der Waals surface area contributed by atoms with Crippen LogP contribution in [0.15, 0.2) is 36.5 Å². The highest BCUT2D eigenvalue weighted by Crippen LogP contribution is 2.33. The molecule has 1 aromatic heterocycles. The largest absolute Gasteiger partial charge is 0.389 e. The van der Waals surface area contributed by atoms with Crippen molar-refractivity contribution in [1.82, 2.24) is 4.98 Å². The zero-order valence-corrected chi connectivity index (χ0v) is 12.0. The molecule has 1 aliphatic rings. The number of aliphatic hydroxyl groups is 1. The highest BCUT2D eigenvalue weighted by molar-refractivity contribution is 5.65. The molecule has 3 rings (SSSR count). The quantitative estimate of drug-likeness (QED) is 0.905. The fraction of sp³-hybridized carbons (Fsp3) is 0.353. The molecule has 104 valence electrons. The van der Waals surface area contributed by atoms with Gasteiger partial charge in [-0.15, -0.1) is 0 Å². The zero-order chi connectivity index (χ0) is 14.1. The first-order valence-electron chi connectivity index (χ1n) is 7.17. The second kappa shape index (κ2) is 5.25. The van der Waals surface area contributed by atoms with Crippen molar-refractivity contribution < 1.29 is 5.11 Å². The maximum Gasteiger partial charge on any atom is 0.133 e. The van der Waals surface area contributed by atoms with Crippen LogP contribution in [0.4, 0.5) is 11.5 Å². The van der Waals surface area contributed by atoms with Crippen molar-refractivity contribution in [2.24, 2.45) is 0 Å². The lowest BCUT2D eigenvalue weighted by molar-refractivity contribution is 0.198. The van der Waals surface area contributed by atoms with Crippen molar-refractivity contribution in [3.8, 4) is 0 Å². The zero-order valence-electron chi connectivity index (χ0n) is 12.0. The lowest BCUT2D eigenvalue weighted by atomic mass is 10.0. The molecule has 0 radical (unpaired) electrons. The van der Waals surface area contributed by atoms with Crippen LogP contribution in [-0.4, -0.2) is 16.6 Å². The first-order valence-corrected chi connectivity index (χ1v) is 7.17. The predicted octanol–water partition coefficient (Wildman–Crippen LogP) is 3.53. The van der Waals surface area contributed by atoms with Gasteiger partial charge in [0, 0.05) is 24.0 Å². The average molecular weight is 268 g/mol. The minimum absolute atomic E-state index is 0.467. The molecule has 1 aliphatic heterocycles. The average Bonchev–Trinajstić information content (AvgIpc) is 2.46. The number of aromatic nitrogens is 1. The van der Waals surface area contributed by atoms with Crippen molar-refractivity contribution in [1.29, 1.82) is 0 Å². The Balaban J connectivity index is 2.00. The van der Waals surface area contributed by atoms with Crippen LogP contribution in [0.2, 0.25) is 0 Å². The molecule has 3 heteroatoms. The molecule has 0 saturated heterocycles. The van der Waals surface area contributed by atoms with Gasteiger partial charge < -0.3 is 10.0 Å². The van der Waals surface area contributed by atoms with Crippen LogP contribution in [0.25, 0.3) is 0 Å². The van der Waals surface area contributed by atoms with Gasteiger partial charge in [-0.3, -0.25) is 0 Å². The van der Waals surface area contributed by atoms with Crippen LogP contribution in [-0.2, 0) is 6.42 Å². The molecule has 2 heterocycles. The summed E-state index contributed by atoms with van der Waals surface area (Å²) < 4.78 is 0. The number of para-hydroxylation sites is 1. The molecule has 0 amide bonds. The summed E-state index contributed by atoms with van der Waals surface area (Å²) in [7, 11) is 0. The van der Waals surface area contributed by atoms with E-state index < -0.39 is 6.10 Å². The maximum absolute atomic E-state index is 9.71. The molecule has 2 aromatic rings. The van der Waals surface area contributed by atoms with E-state index in [0.717, 1.165) is 36.3 Å². The molecule has 0 fully saturated rings. The van der Waals surface area contributed by atoms with Crippen molar-refractivity contribution in [2.75, 3.05) is 11.4 Å². The van der Waals surface area contributed by atoms with E-state index in [-0.39, 0.29) is 0 Å². The molecular weight excluding hydrogens is 248 g/mol. The Bertz CT molecular complexity index is 622. The van der Waals surface area contributed by atoms with Crippen LogP contribution >= 0.6 is 0 Å². The van der Waals surface area contributed by atoms with E-state index in [9.17, 15) is 5.11 Å². The van der Waals surface area contributed by atoms with Crippen LogP contribution in [0.5, 0.6) is 0 Å². The number of benzene rings is 1. The normalized spacial score (nSPS) is 15.8. The van der Waals surface area contributed by atoms with Crippen molar-refractivity contribution in [3.63, 3.8) is 0 Å². The fourth-order valence-electron chi connectivity index (χ4n) is 2.91. The number of aliphatic hydroxyl groups excluding tert-OH is 1. The van der Waals surface area contributed by atoms with Gasteiger partial charge in [0.1, 0.15) is 5.82 Å². The first-order chi connectivity index (χ1) is 9.66. The molecule has 0 spiro atoms. The molecular formula is C17H20N2O. The number of rotatable bonds is 2. The van der Waals surface area contributed by atoms with E-state index in [2.05, 4.69) is 40.2 Å². The van der Waals surface area contributed by atoms with Crippen LogP contribution in [0.1, 0.15) is 36.1 Å². The van der Waals surface area contributed by atoms with Gasteiger partial charge in [-0.25, -0.2) is 4.98 Å². The summed E-state index contributed by atoms with van der Waals surface area (Å²) >= 11 is 0. The van der Waals surface area contributed by atoms with Gasteiger partial charge in [-0.05, 0) is 49.9 Å². The maximum atomic E-state index is 9.71. The Morgan fingerprint density at radius 3 is 2.85 bits per heavy atom. The number of hydrogen-bond acceptors (Lipinski definition) is 3. The molecule has 1 atom stereocenters. The summed E-state index contributed by atoms with van der Waals surface area (Å²) in [6.45, 7) is 4.81. The van der Waals surface area contributed by atoms with E-state index in [0.29, 0.717) is 0 Å². The summed E-state index contributed by atoms with van der Waals surface area (Å²) in [6.07, 6.45) is 3.62. The molecule has 0 aliphatic carbocycles. The topological polar surface area (TPSA) is 36.4 Å². The van der Waals surface area contributed by atoms with E-state index in [1.807, 2.05) is 6.92 Å². The molecule has 3 nitrogen and oxygen atoms in total. The SMILES string of the molecule is Cc1cc(N2CCCc3ccccc32)ncc1C(C)O. The monoisotopic (exact) mass is 268 g/mol. The predicted molar refractivity (Wildman–Crippen MR) is 81.4 cm³/mol. The third kappa shape index (κ3) is 2.29. The summed E-state index contributed by atoms with van der Waals surface area (Å²) in [4.78, 5) is 6.82. The van der Waals surface area contributed by atoms with Gasteiger partial charge in [0.15, 0.2) is 0 Å². The van der Waals surface area contributed by atoms with E-state index in [1.54, 1.807) is 13.1 Å². The molecule has 20 heavy (non-hydrogen) atoms.